The molecule has 0 saturated heterocycles. The zero-order valence-corrected chi connectivity index (χ0v) is 9.22. The molecule has 0 spiro atoms. The maximum atomic E-state index is 13.4. The zero-order valence-electron chi connectivity index (χ0n) is 9.22. The smallest absolute Gasteiger partial charge is 0.152 e. The normalized spacial score (nSPS) is 24.7. The van der Waals surface area contributed by atoms with Gasteiger partial charge < -0.3 is 10.4 Å². The molecule has 0 bridgehead atoms. The number of hydrogen-bond donors (Lipinski definition) is 2. The number of anilines is 1. The van der Waals surface area contributed by atoms with Crippen LogP contribution in [0.25, 0.3) is 0 Å². The first-order valence-corrected chi connectivity index (χ1v) is 5.67. The number of aliphatic hydroxyl groups excluding tert-OH is 1. The molecule has 2 rings (SSSR count). The van der Waals surface area contributed by atoms with Gasteiger partial charge in [-0.25, -0.2) is 13.2 Å². The van der Waals surface area contributed by atoms with Gasteiger partial charge in [0.1, 0.15) is 11.5 Å². The van der Waals surface area contributed by atoms with Gasteiger partial charge in [0.25, 0.3) is 0 Å². The molecule has 5 heteroatoms. The summed E-state index contributed by atoms with van der Waals surface area (Å²) in [6.45, 7) is 0. The summed E-state index contributed by atoms with van der Waals surface area (Å²) in [5.74, 6) is -2.89. The highest BCUT2D eigenvalue weighted by atomic mass is 19.1. The second-order valence-corrected chi connectivity index (χ2v) is 4.35. The lowest BCUT2D eigenvalue weighted by molar-refractivity contribution is 0.116. The quantitative estimate of drug-likeness (QED) is 0.839. The van der Waals surface area contributed by atoms with Crippen LogP contribution in [0.3, 0.4) is 0 Å². The van der Waals surface area contributed by atoms with Gasteiger partial charge >= 0.3 is 0 Å². The number of benzene rings is 1. The standard InChI is InChI=1S/C12H14F3NO/c13-7-5-8(14)12(9(15)6-7)16-10-3-1-2-4-11(10)17/h5-6,10-11,16-17H,1-4H2/t10-,11-/m1/s1. The van der Waals surface area contributed by atoms with E-state index in [4.69, 9.17) is 0 Å². The van der Waals surface area contributed by atoms with E-state index in [0.29, 0.717) is 25.0 Å². The van der Waals surface area contributed by atoms with Gasteiger partial charge in [0, 0.05) is 12.1 Å². The molecule has 1 aliphatic rings. The highest BCUT2D eigenvalue weighted by molar-refractivity contribution is 5.47. The van der Waals surface area contributed by atoms with Gasteiger partial charge in [-0.2, -0.15) is 0 Å². The molecule has 2 atom stereocenters. The molecule has 0 radical (unpaired) electrons. The lowest BCUT2D eigenvalue weighted by Crippen LogP contribution is -2.36. The SMILES string of the molecule is O[C@@H]1CCCC[C@H]1Nc1c(F)cc(F)cc1F. The molecule has 1 fully saturated rings. The first kappa shape index (κ1) is 12.2. The number of halogens is 3. The van der Waals surface area contributed by atoms with Gasteiger partial charge in [0.05, 0.1) is 12.1 Å². The highest BCUT2D eigenvalue weighted by Gasteiger charge is 2.25. The second kappa shape index (κ2) is 4.96. The molecule has 94 valence electrons. The minimum atomic E-state index is -0.972. The summed E-state index contributed by atoms with van der Waals surface area (Å²) >= 11 is 0. The van der Waals surface area contributed by atoms with Crippen LogP contribution in [0, 0.1) is 17.5 Å². The molecule has 1 saturated carbocycles. The van der Waals surface area contributed by atoms with Gasteiger partial charge in [0.15, 0.2) is 11.6 Å². The van der Waals surface area contributed by atoms with Gasteiger partial charge in [-0.05, 0) is 12.8 Å². The third-order valence-corrected chi connectivity index (χ3v) is 3.07. The van der Waals surface area contributed by atoms with Crippen LogP contribution in [0.4, 0.5) is 18.9 Å². The van der Waals surface area contributed by atoms with Gasteiger partial charge in [-0.1, -0.05) is 12.8 Å². The maximum absolute atomic E-state index is 13.4. The van der Waals surface area contributed by atoms with Crippen LogP contribution in [-0.4, -0.2) is 17.3 Å². The van der Waals surface area contributed by atoms with Crippen molar-refractivity contribution in [2.24, 2.45) is 0 Å². The summed E-state index contributed by atoms with van der Waals surface area (Å²) in [4.78, 5) is 0. The summed E-state index contributed by atoms with van der Waals surface area (Å²) < 4.78 is 39.4. The fraction of sp³-hybridized carbons (Fsp3) is 0.500. The highest BCUT2D eigenvalue weighted by Crippen LogP contribution is 2.26. The molecule has 1 aromatic carbocycles. The van der Waals surface area contributed by atoms with E-state index in [2.05, 4.69) is 5.32 Å². The van der Waals surface area contributed by atoms with Crippen LogP contribution in [0.15, 0.2) is 12.1 Å². The fourth-order valence-corrected chi connectivity index (χ4v) is 2.15. The summed E-state index contributed by atoms with van der Waals surface area (Å²) in [6, 6.07) is 0.875. The van der Waals surface area contributed by atoms with E-state index in [-0.39, 0.29) is 11.7 Å². The maximum Gasteiger partial charge on any atom is 0.152 e. The molecule has 0 aromatic heterocycles. The van der Waals surface area contributed by atoms with Crippen LogP contribution < -0.4 is 5.32 Å². The first-order chi connectivity index (χ1) is 8.08. The van der Waals surface area contributed by atoms with E-state index in [1.54, 1.807) is 0 Å². The van der Waals surface area contributed by atoms with Crippen molar-refractivity contribution in [3.63, 3.8) is 0 Å². The van der Waals surface area contributed by atoms with Gasteiger partial charge in [0.2, 0.25) is 0 Å². The lowest BCUT2D eigenvalue weighted by Gasteiger charge is -2.29. The van der Waals surface area contributed by atoms with E-state index >= 15 is 0 Å². The topological polar surface area (TPSA) is 32.3 Å². The van der Waals surface area contributed by atoms with E-state index in [0.717, 1.165) is 12.8 Å². The molecular weight excluding hydrogens is 231 g/mol. The Hall–Kier alpha value is -1.23. The van der Waals surface area contributed by atoms with Crippen LogP contribution >= 0.6 is 0 Å². The van der Waals surface area contributed by atoms with Crippen molar-refractivity contribution in [3.05, 3.63) is 29.6 Å². The van der Waals surface area contributed by atoms with Crippen molar-refractivity contribution in [1.29, 1.82) is 0 Å². The van der Waals surface area contributed by atoms with Crippen molar-refractivity contribution < 1.29 is 18.3 Å². The Labute approximate surface area is 97.5 Å². The predicted octanol–water partition coefficient (Wildman–Crippen LogP) is 2.82. The van der Waals surface area contributed by atoms with E-state index < -0.39 is 23.6 Å². The van der Waals surface area contributed by atoms with E-state index in [9.17, 15) is 18.3 Å². The number of hydrogen-bond acceptors (Lipinski definition) is 2. The van der Waals surface area contributed by atoms with E-state index in [1.807, 2.05) is 0 Å². The average Bonchev–Trinajstić information content (AvgIpc) is 2.25. The summed E-state index contributed by atoms with van der Waals surface area (Å²) in [7, 11) is 0. The van der Waals surface area contributed by atoms with E-state index in [1.165, 1.54) is 0 Å². The van der Waals surface area contributed by atoms with Crippen LogP contribution in [0.1, 0.15) is 25.7 Å². The Morgan fingerprint density at radius 3 is 2.24 bits per heavy atom. The largest absolute Gasteiger partial charge is 0.391 e. The Balaban J connectivity index is 2.17. The molecule has 1 aromatic rings. The molecule has 1 aliphatic carbocycles. The molecule has 2 N–H and O–H groups in total. The molecule has 0 heterocycles. The third-order valence-electron chi connectivity index (χ3n) is 3.07. The molecule has 2 nitrogen and oxygen atoms in total. The molecule has 0 amide bonds. The van der Waals surface area contributed by atoms with Crippen molar-refractivity contribution in [3.8, 4) is 0 Å². The predicted molar refractivity (Wildman–Crippen MR) is 58.2 cm³/mol. The Morgan fingerprint density at radius 1 is 1.06 bits per heavy atom. The minimum Gasteiger partial charge on any atom is -0.391 e. The summed E-state index contributed by atoms with van der Waals surface area (Å²) in [5, 5.41) is 12.3. The zero-order chi connectivity index (χ0) is 12.4. The van der Waals surface area contributed by atoms with Crippen molar-refractivity contribution in [1.82, 2.24) is 0 Å². The third kappa shape index (κ3) is 2.72. The number of aliphatic hydroxyl groups is 1. The molecule has 0 unspecified atom stereocenters. The number of nitrogens with one attached hydrogen (secondary N) is 1. The van der Waals surface area contributed by atoms with Crippen LogP contribution in [-0.2, 0) is 0 Å². The molecule has 17 heavy (non-hydrogen) atoms. The van der Waals surface area contributed by atoms with Crippen molar-refractivity contribution >= 4 is 5.69 Å². The Kier molecular flexibility index (Phi) is 3.57. The van der Waals surface area contributed by atoms with Crippen molar-refractivity contribution in [2.45, 2.75) is 37.8 Å². The fourth-order valence-electron chi connectivity index (χ4n) is 2.15. The summed E-state index contributed by atoms with van der Waals surface area (Å²) in [6.07, 6.45) is 2.46. The second-order valence-electron chi connectivity index (χ2n) is 4.35. The van der Waals surface area contributed by atoms with Gasteiger partial charge in [-0.3, -0.25) is 0 Å². The lowest BCUT2D eigenvalue weighted by atomic mass is 9.92. The monoisotopic (exact) mass is 245 g/mol. The Morgan fingerprint density at radius 2 is 1.65 bits per heavy atom. The van der Waals surface area contributed by atoms with Crippen LogP contribution in [0.2, 0.25) is 0 Å². The molecule has 0 aliphatic heterocycles. The number of rotatable bonds is 2. The molecular formula is C12H14F3NO. The van der Waals surface area contributed by atoms with Crippen molar-refractivity contribution in [2.75, 3.05) is 5.32 Å². The average molecular weight is 245 g/mol. The Bertz CT molecular complexity index is 388. The minimum absolute atomic E-state index is 0.364. The van der Waals surface area contributed by atoms with Crippen LogP contribution in [0.5, 0.6) is 0 Å². The summed E-state index contributed by atoms with van der Waals surface area (Å²) in [5.41, 5.74) is -0.364. The van der Waals surface area contributed by atoms with Gasteiger partial charge in [-0.15, -0.1) is 0 Å². The first-order valence-electron chi connectivity index (χ1n) is 5.67.